The first-order valence-corrected chi connectivity index (χ1v) is 9.15. The predicted molar refractivity (Wildman–Crippen MR) is 112 cm³/mol. The van der Waals surface area contributed by atoms with E-state index in [0.29, 0.717) is 33.8 Å². The lowest BCUT2D eigenvalue weighted by Crippen LogP contribution is -2.16. The standard InChI is InChI=1S/C20H14N6O2S/c1-28-13-6-2-4-11(8-13)14-9-15(12-5-3-7-21-10-12)22-17-16(14)18(27)26-19(23-17)24-25-20(26)29/h2-10H,1H3,(H,25,29)(H,22,23,24). The van der Waals surface area contributed by atoms with Crippen LogP contribution in [0.1, 0.15) is 0 Å². The Balaban J connectivity index is 1.93. The number of nitrogens with zero attached hydrogens (tertiary/aromatic N) is 4. The van der Waals surface area contributed by atoms with Gasteiger partial charge in [0.25, 0.3) is 5.56 Å². The van der Waals surface area contributed by atoms with Gasteiger partial charge in [-0.2, -0.15) is 4.98 Å². The van der Waals surface area contributed by atoms with Crippen molar-refractivity contribution >= 4 is 29.0 Å². The summed E-state index contributed by atoms with van der Waals surface area (Å²) >= 11 is 5.23. The number of fused-ring (bicyclic) bond motifs is 2. The van der Waals surface area contributed by atoms with Crippen LogP contribution in [-0.2, 0) is 0 Å². The Labute approximate surface area is 168 Å². The zero-order chi connectivity index (χ0) is 20.0. The molecule has 0 radical (unpaired) electrons. The van der Waals surface area contributed by atoms with Gasteiger partial charge in [0.05, 0.1) is 18.2 Å². The average Bonchev–Trinajstić information content (AvgIpc) is 3.14. The van der Waals surface area contributed by atoms with Gasteiger partial charge in [-0.05, 0) is 48.1 Å². The van der Waals surface area contributed by atoms with Crippen LogP contribution in [0, 0.1) is 4.77 Å². The van der Waals surface area contributed by atoms with Gasteiger partial charge in [0.15, 0.2) is 5.65 Å². The third-order valence-electron chi connectivity index (χ3n) is 4.66. The van der Waals surface area contributed by atoms with Crippen LogP contribution in [0.2, 0.25) is 0 Å². The molecule has 0 bridgehead atoms. The van der Waals surface area contributed by atoms with Gasteiger partial charge in [0.2, 0.25) is 10.5 Å². The van der Waals surface area contributed by atoms with E-state index in [9.17, 15) is 4.79 Å². The van der Waals surface area contributed by atoms with E-state index < -0.39 is 0 Å². The summed E-state index contributed by atoms with van der Waals surface area (Å²) in [5.41, 5.74) is 3.01. The van der Waals surface area contributed by atoms with E-state index in [-0.39, 0.29) is 10.3 Å². The first-order valence-electron chi connectivity index (χ1n) is 8.75. The number of aromatic nitrogens is 6. The van der Waals surface area contributed by atoms with E-state index in [1.807, 2.05) is 42.5 Å². The minimum absolute atomic E-state index is 0.243. The number of nitrogens with one attached hydrogen (secondary N) is 2. The van der Waals surface area contributed by atoms with E-state index in [1.54, 1.807) is 19.5 Å². The van der Waals surface area contributed by atoms with Crippen LogP contribution in [0.3, 0.4) is 0 Å². The molecular weight excluding hydrogens is 388 g/mol. The Morgan fingerprint density at radius 2 is 1.93 bits per heavy atom. The molecule has 0 aliphatic rings. The van der Waals surface area contributed by atoms with E-state index in [0.717, 1.165) is 11.1 Å². The maximum absolute atomic E-state index is 13.3. The van der Waals surface area contributed by atoms with E-state index in [4.69, 9.17) is 17.0 Å². The number of pyridine rings is 2. The van der Waals surface area contributed by atoms with Gasteiger partial charge >= 0.3 is 0 Å². The summed E-state index contributed by atoms with van der Waals surface area (Å²) in [6.07, 6.45) is 3.42. The molecule has 0 aliphatic heterocycles. The Morgan fingerprint density at radius 3 is 2.72 bits per heavy atom. The van der Waals surface area contributed by atoms with Crippen LogP contribution in [0.5, 0.6) is 5.75 Å². The van der Waals surface area contributed by atoms with Crippen LogP contribution >= 0.6 is 12.2 Å². The highest BCUT2D eigenvalue weighted by molar-refractivity contribution is 7.71. The summed E-state index contributed by atoms with van der Waals surface area (Å²) in [6.45, 7) is 0. The fraction of sp³-hybridized carbons (Fsp3) is 0.0500. The average molecular weight is 402 g/mol. The van der Waals surface area contributed by atoms with Crippen molar-refractivity contribution in [3.63, 3.8) is 0 Å². The number of ether oxygens (including phenoxy) is 1. The van der Waals surface area contributed by atoms with Gasteiger partial charge < -0.3 is 4.74 Å². The van der Waals surface area contributed by atoms with Crippen molar-refractivity contribution in [1.82, 2.24) is 29.5 Å². The Morgan fingerprint density at radius 1 is 1.07 bits per heavy atom. The zero-order valence-electron chi connectivity index (χ0n) is 15.2. The summed E-state index contributed by atoms with van der Waals surface area (Å²) in [7, 11) is 1.60. The highest BCUT2D eigenvalue weighted by Crippen LogP contribution is 2.31. The molecule has 4 aromatic heterocycles. The summed E-state index contributed by atoms with van der Waals surface area (Å²) < 4.78 is 6.93. The molecule has 0 saturated carbocycles. The van der Waals surface area contributed by atoms with Crippen LogP contribution in [0.15, 0.2) is 59.7 Å². The van der Waals surface area contributed by atoms with Gasteiger partial charge in [-0.1, -0.05) is 12.1 Å². The van der Waals surface area contributed by atoms with Crippen LogP contribution in [0.4, 0.5) is 0 Å². The number of aromatic amines is 2. The highest BCUT2D eigenvalue weighted by Gasteiger charge is 2.17. The molecule has 9 heteroatoms. The number of hydrogen-bond acceptors (Lipinski definition) is 6. The molecule has 0 spiro atoms. The lowest BCUT2D eigenvalue weighted by atomic mass is 10.0. The Kier molecular flexibility index (Phi) is 3.95. The molecule has 0 saturated heterocycles. The van der Waals surface area contributed by atoms with Gasteiger partial charge in [0, 0.05) is 23.5 Å². The molecule has 29 heavy (non-hydrogen) atoms. The summed E-state index contributed by atoms with van der Waals surface area (Å²) in [5, 5.41) is 5.93. The summed E-state index contributed by atoms with van der Waals surface area (Å²) in [4.78, 5) is 26.6. The molecule has 1 aromatic carbocycles. The minimum atomic E-state index is -0.296. The van der Waals surface area contributed by atoms with Crippen LogP contribution in [0.25, 0.3) is 39.2 Å². The van der Waals surface area contributed by atoms with E-state index in [2.05, 4.69) is 25.1 Å². The second-order valence-electron chi connectivity index (χ2n) is 6.36. The molecule has 5 aromatic rings. The Hall–Kier alpha value is -3.85. The van der Waals surface area contributed by atoms with E-state index in [1.165, 1.54) is 4.40 Å². The lowest BCUT2D eigenvalue weighted by Gasteiger charge is -2.10. The normalized spacial score (nSPS) is 11.2. The van der Waals surface area contributed by atoms with Crippen molar-refractivity contribution in [2.45, 2.75) is 0 Å². The molecule has 0 unspecified atom stereocenters. The van der Waals surface area contributed by atoms with Crippen molar-refractivity contribution in [1.29, 1.82) is 0 Å². The third-order valence-corrected chi connectivity index (χ3v) is 4.95. The molecule has 2 N–H and O–H groups in total. The maximum Gasteiger partial charge on any atom is 0.271 e. The summed E-state index contributed by atoms with van der Waals surface area (Å²) in [5.74, 6) is 0.989. The first-order chi connectivity index (χ1) is 14.2. The third kappa shape index (κ3) is 2.79. The smallest absolute Gasteiger partial charge is 0.271 e. The fourth-order valence-electron chi connectivity index (χ4n) is 3.30. The molecular formula is C20H14N6O2S. The quantitative estimate of drug-likeness (QED) is 0.449. The fourth-order valence-corrected chi connectivity index (χ4v) is 3.52. The monoisotopic (exact) mass is 402 g/mol. The van der Waals surface area contributed by atoms with Gasteiger partial charge in [-0.15, -0.1) is 0 Å². The van der Waals surface area contributed by atoms with Crippen molar-refractivity contribution in [2.75, 3.05) is 7.11 Å². The Bertz CT molecular complexity index is 1490. The number of benzene rings is 1. The number of rotatable bonds is 3. The molecule has 0 aliphatic carbocycles. The van der Waals surface area contributed by atoms with Gasteiger partial charge in [0.1, 0.15) is 5.75 Å². The minimum Gasteiger partial charge on any atom is -0.497 e. The van der Waals surface area contributed by atoms with Gasteiger partial charge in [-0.3, -0.25) is 20.0 Å². The predicted octanol–water partition coefficient (Wildman–Crippen LogP) is 3.37. The van der Waals surface area contributed by atoms with Crippen LogP contribution < -0.4 is 10.3 Å². The molecule has 0 amide bonds. The maximum atomic E-state index is 13.3. The van der Waals surface area contributed by atoms with Crippen molar-refractivity contribution in [2.24, 2.45) is 0 Å². The molecule has 5 rings (SSSR count). The lowest BCUT2D eigenvalue weighted by molar-refractivity contribution is 0.415. The number of H-pyrrole nitrogens is 2. The van der Waals surface area contributed by atoms with Crippen molar-refractivity contribution in [3.8, 4) is 28.1 Å². The molecule has 0 atom stereocenters. The first kappa shape index (κ1) is 17.3. The SMILES string of the molecule is COc1cccc(-c2cc(-c3cccnc3)nc3nc4[nH][nH]c(=S)n4c(=O)c23)c1. The van der Waals surface area contributed by atoms with Gasteiger partial charge in [-0.25, -0.2) is 9.38 Å². The topological polar surface area (TPSA) is 101 Å². The van der Waals surface area contributed by atoms with Crippen molar-refractivity contribution < 1.29 is 4.74 Å². The summed E-state index contributed by atoms with van der Waals surface area (Å²) in [6, 6.07) is 13.1. The molecule has 8 nitrogen and oxygen atoms in total. The molecule has 142 valence electrons. The molecule has 0 fully saturated rings. The number of hydrogen-bond donors (Lipinski definition) is 2. The zero-order valence-corrected chi connectivity index (χ0v) is 16.0. The van der Waals surface area contributed by atoms with Crippen molar-refractivity contribution in [3.05, 3.63) is 70.0 Å². The largest absolute Gasteiger partial charge is 0.497 e. The highest BCUT2D eigenvalue weighted by atomic mass is 32.1. The number of methoxy groups -OCH3 is 1. The van der Waals surface area contributed by atoms with Crippen LogP contribution in [-0.4, -0.2) is 36.7 Å². The molecule has 4 heterocycles. The second-order valence-corrected chi connectivity index (χ2v) is 6.75. The van der Waals surface area contributed by atoms with E-state index >= 15 is 0 Å². The second kappa shape index (κ2) is 6.64.